The second-order valence-corrected chi connectivity index (χ2v) is 8.34. The van der Waals surface area contributed by atoms with Crippen LogP contribution in [0.3, 0.4) is 0 Å². The molecule has 2 aromatic rings. The van der Waals surface area contributed by atoms with Crippen LogP contribution >= 0.6 is 0 Å². The number of aryl methyl sites for hydroxylation is 1. The summed E-state index contributed by atoms with van der Waals surface area (Å²) in [6.45, 7) is 10.6. The lowest BCUT2D eigenvalue weighted by Gasteiger charge is -2.41. The molecule has 0 aliphatic carbocycles. The van der Waals surface area contributed by atoms with Gasteiger partial charge in [0.15, 0.2) is 6.61 Å². The maximum atomic E-state index is 12.8. The maximum Gasteiger partial charge on any atom is 0.258 e. The minimum Gasteiger partial charge on any atom is -0.487 e. The fourth-order valence-electron chi connectivity index (χ4n) is 4.05. The Kier molecular flexibility index (Phi) is 6.51. The van der Waals surface area contributed by atoms with E-state index in [2.05, 4.69) is 45.1 Å². The molecule has 0 saturated carbocycles. The highest BCUT2D eigenvalue weighted by Gasteiger charge is 2.38. The van der Waals surface area contributed by atoms with Gasteiger partial charge < -0.3 is 14.8 Å². The molecule has 1 aliphatic rings. The summed E-state index contributed by atoms with van der Waals surface area (Å²) in [4.78, 5) is 12.8. The third-order valence-electron chi connectivity index (χ3n) is 5.97. The minimum atomic E-state index is -0.242. The predicted molar refractivity (Wildman–Crippen MR) is 117 cm³/mol. The fourth-order valence-corrected chi connectivity index (χ4v) is 4.05. The average Bonchev–Trinajstić information content (AvgIpc) is 2.71. The molecule has 0 saturated heterocycles. The summed E-state index contributed by atoms with van der Waals surface area (Å²) in [5.41, 5.74) is 3.04. The molecular weight excluding hydrogens is 362 g/mol. The van der Waals surface area contributed by atoms with Crippen LogP contribution in [0.15, 0.2) is 42.5 Å². The summed E-state index contributed by atoms with van der Waals surface area (Å²) in [6.07, 6.45) is 2.58. The second-order valence-electron chi connectivity index (χ2n) is 8.34. The van der Waals surface area contributed by atoms with Gasteiger partial charge in [-0.2, -0.15) is 0 Å². The minimum absolute atomic E-state index is 0.00788. The van der Waals surface area contributed by atoms with Gasteiger partial charge >= 0.3 is 0 Å². The number of carbonyl (C=O) groups excluding carboxylic acids is 1. The highest BCUT2D eigenvalue weighted by molar-refractivity contribution is 5.78. The van der Waals surface area contributed by atoms with E-state index >= 15 is 0 Å². The standard InChI is InChI=1S/C25H33NO3/c1-6-25(7-2)15-21(20-10-8-9-11-22(20)29-25)26-24(27)16-28-23-14-18(5)12-13-19(23)17(3)4/h8-14,17,21H,6-7,15-16H2,1-5H3,(H,26,27)/t21-/m0/s1. The van der Waals surface area contributed by atoms with E-state index in [1.165, 1.54) is 0 Å². The van der Waals surface area contributed by atoms with E-state index < -0.39 is 0 Å². The number of nitrogens with one attached hydrogen (secondary N) is 1. The second kappa shape index (κ2) is 8.89. The molecule has 0 unspecified atom stereocenters. The summed E-state index contributed by atoms with van der Waals surface area (Å²) in [5.74, 6) is 1.89. The molecule has 156 valence electrons. The van der Waals surface area contributed by atoms with Gasteiger partial charge in [0.25, 0.3) is 5.91 Å². The van der Waals surface area contributed by atoms with Crippen molar-refractivity contribution in [3.63, 3.8) is 0 Å². The number of hydrogen-bond donors (Lipinski definition) is 1. The number of amides is 1. The molecule has 29 heavy (non-hydrogen) atoms. The van der Waals surface area contributed by atoms with Crippen molar-refractivity contribution in [3.05, 3.63) is 59.2 Å². The highest BCUT2D eigenvalue weighted by atomic mass is 16.5. The Morgan fingerprint density at radius 1 is 1.21 bits per heavy atom. The molecule has 0 spiro atoms. The van der Waals surface area contributed by atoms with Crippen molar-refractivity contribution in [1.29, 1.82) is 0 Å². The maximum absolute atomic E-state index is 12.8. The number of carbonyl (C=O) groups is 1. The van der Waals surface area contributed by atoms with Crippen LogP contribution in [0.25, 0.3) is 0 Å². The molecule has 1 amide bonds. The molecule has 1 N–H and O–H groups in total. The van der Waals surface area contributed by atoms with Gasteiger partial charge in [-0.15, -0.1) is 0 Å². The molecule has 0 fully saturated rings. The Balaban J connectivity index is 1.73. The predicted octanol–water partition coefficient (Wildman–Crippen LogP) is 5.70. The molecule has 0 radical (unpaired) electrons. The lowest BCUT2D eigenvalue weighted by atomic mass is 9.83. The van der Waals surface area contributed by atoms with E-state index in [-0.39, 0.29) is 24.2 Å². The van der Waals surface area contributed by atoms with Crippen LogP contribution in [0, 0.1) is 6.92 Å². The largest absolute Gasteiger partial charge is 0.487 e. The smallest absolute Gasteiger partial charge is 0.258 e. The number of rotatable bonds is 7. The van der Waals surface area contributed by atoms with Crippen molar-refractivity contribution >= 4 is 5.91 Å². The van der Waals surface area contributed by atoms with Crippen molar-refractivity contribution in [1.82, 2.24) is 5.32 Å². The van der Waals surface area contributed by atoms with Crippen LogP contribution in [0.4, 0.5) is 0 Å². The lowest BCUT2D eigenvalue weighted by molar-refractivity contribution is -0.124. The van der Waals surface area contributed by atoms with Crippen LogP contribution in [0.5, 0.6) is 11.5 Å². The topological polar surface area (TPSA) is 47.6 Å². The number of fused-ring (bicyclic) bond motifs is 1. The third kappa shape index (κ3) is 4.75. The third-order valence-corrected chi connectivity index (χ3v) is 5.97. The molecule has 0 bridgehead atoms. The number of benzene rings is 2. The van der Waals surface area contributed by atoms with Crippen LogP contribution in [0.1, 0.15) is 75.6 Å². The molecule has 1 heterocycles. The van der Waals surface area contributed by atoms with E-state index in [0.29, 0.717) is 5.92 Å². The van der Waals surface area contributed by atoms with Gasteiger partial charge in [0, 0.05) is 12.0 Å². The van der Waals surface area contributed by atoms with Gasteiger partial charge in [-0.3, -0.25) is 4.79 Å². The Morgan fingerprint density at radius 2 is 1.93 bits per heavy atom. The van der Waals surface area contributed by atoms with Crippen LogP contribution in [-0.2, 0) is 4.79 Å². The molecule has 4 nitrogen and oxygen atoms in total. The summed E-state index contributed by atoms with van der Waals surface area (Å²) in [5, 5.41) is 3.19. The van der Waals surface area contributed by atoms with E-state index in [0.717, 1.165) is 47.5 Å². The van der Waals surface area contributed by atoms with Crippen LogP contribution in [-0.4, -0.2) is 18.1 Å². The zero-order chi connectivity index (χ0) is 21.0. The normalized spacial score (nSPS) is 17.4. The Bertz CT molecular complexity index is 855. The molecule has 1 aliphatic heterocycles. The van der Waals surface area contributed by atoms with Gasteiger partial charge in [0.1, 0.15) is 17.1 Å². The summed E-state index contributed by atoms with van der Waals surface area (Å²) in [6, 6.07) is 14.1. The molecular formula is C25H33NO3. The van der Waals surface area contributed by atoms with E-state index in [1.807, 2.05) is 37.3 Å². The van der Waals surface area contributed by atoms with Gasteiger partial charge in [0.05, 0.1) is 6.04 Å². The number of para-hydroxylation sites is 1. The van der Waals surface area contributed by atoms with Crippen LogP contribution < -0.4 is 14.8 Å². The molecule has 1 atom stereocenters. The van der Waals surface area contributed by atoms with E-state index in [4.69, 9.17) is 9.47 Å². The lowest BCUT2D eigenvalue weighted by Crippen LogP contribution is -2.45. The molecule has 0 aromatic heterocycles. The average molecular weight is 396 g/mol. The Hall–Kier alpha value is -2.49. The molecule has 2 aromatic carbocycles. The summed E-state index contributed by atoms with van der Waals surface area (Å²) in [7, 11) is 0. The Morgan fingerprint density at radius 3 is 2.62 bits per heavy atom. The summed E-state index contributed by atoms with van der Waals surface area (Å²) < 4.78 is 12.3. The number of ether oxygens (including phenoxy) is 2. The fraction of sp³-hybridized carbons (Fsp3) is 0.480. The van der Waals surface area contributed by atoms with Crippen molar-refractivity contribution in [2.45, 2.75) is 71.4 Å². The summed E-state index contributed by atoms with van der Waals surface area (Å²) >= 11 is 0. The Labute approximate surface area is 174 Å². The highest BCUT2D eigenvalue weighted by Crippen LogP contribution is 2.42. The van der Waals surface area contributed by atoms with Crippen molar-refractivity contribution < 1.29 is 14.3 Å². The molecule has 4 heteroatoms. The zero-order valence-electron chi connectivity index (χ0n) is 18.2. The van der Waals surface area contributed by atoms with Crippen LogP contribution in [0.2, 0.25) is 0 Å². The SMILES string of the molecule is CCC1(CC)C[C@H](NC(=O)COc2cc(C)ccc2C(C)C)c2ccccc2O1. The number of hydrogen-bond acceptors (Lipinski definition) is 3. The first-order chi connectivity index (χ1) is 13.9. The molecule has 3 rings (SSSR count). The van der Waals surface area contributed by atoms with Gasteiger partial charge in [-0.05, 0) is 48.9 Å². The zero-order valence-corrected chi connectivity index (χ0v) is 18.2. The first kappa shape index (κ1) is 21.2. The van der Waals surface area contributed by atoms with Gasteiger partial charge in [-0.25, -0.2) is 0 Å². The quantitative estimate of drug-likeness (QED) is 0.654. The van der Waals surface area contributed by atoms with Crippen molar-refractivity contribution in [2.75, 3.05) is 6.61 Å². The van der Waals surface area contributed by atoms with Crippen molar-refractivity contribution in [2.24, 2.45) is 0 Å². The monoisotopic (exact) mass is 395 g/mol. The van der Waals surface area contributed by atoms with Gasteiger partial charge in [0.2, 0.25) is 0 Å². The first-order valence-electron chi connectivity index (χ1n) is 10.7. The first-order valence-corrected chi connectivity index (χ1v) is 10.7. The van der Waals surface area contributed by atoms with E-state index in [1.54, 1.807) is 0 Å². The van der Waals surface area contributed by atoms with Crippen molar-refractivity contribution in [3.8, 4) is 11.5 Å². The van der Waals surface area contributed by atoms with Gasteiger partial charge in [-0.1, -0.05) is 58.0 Å². The van der Waals surface area contributed by atoms with E-state index in [9.17, 15) is 4.79 Å².